The fourth-order valence-corrected chi connectivity index (χ4v) is 3.90. The van der Waals surface area contributed by atoms with E-state index in [-0.39, 0.29) is 12.1 Å². The Morgan fingerprint density at radius 3 is 2.92 bits per heavy atom. The second-order valence-corrected chi connectivity index (χ2v) is 6.83. The second kappa shape index (κ2) is 5.95. The van der Waals surface area contributed by atoms with Crippen molar-refractivity contribution in [3.63, 3.8) is 0 Å². The lowest BCUT2D eigenvalue weighted by molar-refractivity contribution is 0.207. The number of hydrogen-bond acceptors (Lipinski definition) is 2. The Hall–Kier alpha value is -2.76. The van der Waals surface area contributed by atoms with Crippen molar-refractivity contribution in [3.8, 4) is 0 Å². The third-order valence-corrected chi connectivity index (χ3v) is 5.17. The molecule has 1 aromatic carbocycles. The van der Waals surface area contributed by atoms with Crippen LogP contribution in [0.3, 0.4) is 0 Å². The van der Waals surface area contributed by atoms with Crippen molar-refractivity contribution in [1.82, 2.24) is 19.7 Å². The van der Waals surface area contributed by atoms with Gasteiger partial charge in [-0.05, 0) is 50.3 Å². The van der Waals surface area contributed by atoms with E-state index in [0.29, 0.717) is 0 Å². The molecule has 1 aliphatic rings. The molecule has 1 atom stereocenters. The van der Waals surface area contributed by atoms with Gasteiger partial charge < -0.3 is 14.8 Å². The quantitative estimate of drug-likeness (QED) is 0.745. The number of aromatic amines is 1. The first-order valence-corrected chi connectivity index (χ1v) is 8.69. The second-order valence-electron chi connectivity index (χ2n) is 6.83. The van der Waals surface area contributed by atoms with Crippen molar-refractivity contribution in [3.05, 3.63) is 47.4 Å². The maximum Gasteiger partial charge on any atom is 0.322 e. The number of anilines is 1. The molecule has 0 radical (unpaired) electrons. The number of carbonyl (C=O) groups is 1. The van der Waals surface area contributed by atoms with Gasteiger partial charge in [-0.25, -0.2) is 4.79 Å². The topological polar surface area (TPSA) is 66.0 Å². The molecule has 0 unspecified atom stereocenters. The minimum absolute atomic E-state index is 0.0453. The van der Waals surface area contributed by atoms with Gasteiger partial charge in [-0.15, -0.1) is 0 Å². The number of likely N-dealkylation sites (tertiary alicyclic amines) is 1. The van der Waals surface area contributed by atoms with Crippen LogP contribution in [0.5, 0.6) is 0 Å². The van der Waals surface area contributed by atoms with Crippen LogP contribution in [-0.4, -0.2) is 32.2 Å². The molecule has 0 spiro atoms. The summed E-state index contributed by atoms with van der Waals surface area (Å²) >= 11 is 0. The highest BCUT2D eigenvalue weighted by Gasteiger charge is 2.33. The predicted octanol–water partition coefficient (Wildman–Crippen LogP) is 3.89. The van der Waals surface area contributed by atoms with E-state index in [2.05, 4.69) is 26.1 Å². The fraction of sp³-hybridized carbons (Fsp3) is 0.368. The van der Waals surface area contributed by atoms with Gasteiger partial charge in [0, 0.05) is 42.3 Å². The summed E-state index contributed by atoms with van der Waals surface area (Å²) in [6.45, 7) is 4.79. The number of benzene rings is 1. The number of urea groups is 1. The van der Waals surface area contributed by atoms with Gasteiger partial charge in [0.1, 0.15) is 0 Å². The van der Waals surface area contributed by atoms with E-state index in [1.54, 1.807) is 0 Å². The molecule has 0 bridgehead atoms. The normalized spacial score (nSPS) is 17.4. The monoisotopic (exact) mass is 337 g/mol. The molecule has 1 saturated heterocycles. The molecule has 2 aromatic heterocycles. The number of fused-ring (bicyclic) bond motifs is 1. The van der Waals surface area contributed by atoms with Crippen LogP contribution in [0.2, 0.25) is 0 Å². The first-order valence-electron chi connectivity index (χ1n) is 8.69. The van der Waals surface area contributed by atoms with Gasteiger partial charge in [-0.3, -0.25) is 5.10 Å². The van der Waals surface area contributed by atoms with Crippen LogP contribution in [0.1, 0.15) is 35.8 Å². The third kappa shape index (κ3) is 2.67. The maximum atomic E-state index is 12.9. The highest BCUT2D eigenvalue weighted by Crippen LogP contribution is 2.35. The molecule has 3 aromatic rings. The van der Waals surface area contributed by atoms with E-state index in [4.69, 9.17) is 0 Å². The Morgan fingerprint density at radius 2 is 2.16 bits per heavy atom. The molecule has 2 amide bonds. The van der Waals surface area contributed by atoms with Crippen molar-refractivity contribution in [2.24, 2.45) is 7.05 Å². The molecule has 3 heterocycles. The van der Waals surface area contributed by atoms with E-state index in [0.717, 1.165) is 47.5 Å². The molecule has 6 nitrogen and oxygen atoms in total. The number of aromatic nitrogens is 3. The number of H-pyrrole nitrogens is 1. The molecule has 0 saturated carbocycles. The molecule has 25 heavy (non-hydrogen) atoms. The Morgan fingerprint density at radius 1 is 1.32 bits per heavy atom. The number of rotatable bonds is 2. The number of carbonyl (C=O) groups excluding carboxylic acids is 1. The van der Waals surface area contributed by atoms with Crippen LogP contribution >= 0.6 is 0 Å². The largest absolute Gasteiger partial charge is 0.350 e. The number of aryl methyl sites for hydroxylation is 3. The lowest BCUT2D eigenvalue weighted by Crippen LogP contribution is -2.34. The summed E-state index contributed by atoms with van der Waals surface area (Å²) in [6.07, 6.45) is 4.02. The average Bonchev–Trinajstić information content (AvgIpc) is 3.28. The van der Waals surface area contributed by atoms with Crippen LogP contribution in [0, 0.1) is 13.8 Å². The molecule has 1 fully saturated rings. The molecular weight excluding hydrogens is 314 g/mol. The number of nitrogens with one attached hydrogen (secondary N) is 2. The van der Waals surface area contributed by atoms with Crippen LogP contribution in [0.15, 0.2) is 30.5 Å². The Balaban J connectivity index is 1.58. The molecule has 0 aliphatic carbocycles. The van der Waals surface area contributed by atoms with E-state index in [1.165, 1.54) is 5.39 Å². The van der Waals surface area contributed by atoms with E-state index >= 15 is 0 Å². The van der Waals surface area contributed by atoms with Crippen LogP contribution in [0.4, 0.5) is 10.5 Å². The SMILES string of the molecule is Cc1n[nH]c(C)c1[C@H]1CCCN1C(=O)Nc1ccc2ccn(C)c2c1. The van der Waals surface area contributed by atoms with E-state index in [1.807, 2.05) is 50.2 Å². The lowest BCUT2D eigenvalue weighted by Gasteiger charge is -2.25. The van der Waals surface area contributed by atoms with Crippen molar-refractivity contribution in [1.29, 1.82) is 0 Å². The summed E-state index contributed by atoms with van der Waals surface area (Å²) in [5.74, 6) is 0. The zero-order valence-corrected chi connectivity index (χ0v) is 14.8. The Bertz CT molecular complexity index is 919. The zero-order chi connectivity index (χ0) is 17.6. The van der Waals surface area contributed by atoms with Crippen LogP contribution < -0.4 is 5.32 Å². The van der Waals surface area contributed by atoms with Crippen molar-refractivity contribution >= 4 is 22.6 Å². The fourth-order valence-electron chi connectivity index (χ4n) is 3.90. The summed E-state index contributed by atoms with van der Waals surface area (Å²) in [5, 5.41) is 11.6. The first kappa shape index (κ1) is 15.7. The predicted molar refractivity (Wildman–Crippen MR) is 98.7 cm³/mol. The van der Waals surface area contributed by atoms with E-state index in [9.17, 15) is 4.79 Å². The number of hydrogen-bond donors (Lipinski definition) is 2. The van der Waals surface area contributed by atoms with Crippen molar-refractivity contribution in [2.75, 3.05) is 11.9 Å². The first-order chi connectivity index (χ1) is 12.0. The minimum Gasteiger partial charge on any atom is -0.350 e. The summed E-state index contributed by atoms with van der Waals surface area (Å²) in [4.78, 5) is 14.8. The standard InChI is InChI=1S/C19H23N5O/c1-12-18(13(2)22-21-12)16-5-4-9-24(16)19(25)20-15-7-6-14-8-10-23(3)17(14)11-15/h6-8,10-11,16H,4-5,9H2,1-3H3,(H,20,25)(H,21,22)/t16-/m1/s1. The minimum atomic E-state index is -0.0453. The highest BCUT2D eigenvalue weighted by atomic mass is 16.2. The Kier molecular flexibility index (Phi) is 3.75. The van der Waals surface area contributed by atoms with Crippen molar-refractivity contribution in [2.45, 2.75) is 32.7 Å². The van der Waals surface area contributed by atoms with Crippen molar-refractivity contribution < 1.29 is 4.79 Å². The smallest absolute Gasteiger partial charge is 0.322 e. The van der Waals surface area contributed by atoms with Crippen LogP contribution in [-0.2, 0) is 7.05 Å². The van der Waals surface area contributed by atoms with Gasteiger partial charge in [0.25, 0.3) is 0 Å². The molecular formula is C19H23N5O. The van der Waals surface area contributed by atoms with Gasteiger partial charge >= 0.3 is 6.03 Å². The molecule has 6 heteroatoms. The molecule has 4 rings (SSSR count). The average molecular weight is 337 g/mol. The summed E-state index contributed by atoms with van der Waals surface area (Å²) in [5.41, 5.74) is 5.12. The zero-order valence-electron chi connectivity index (χ0n) is 14.8. The van der Waals surface area contributed by atoms with Gasteiger partial charge in [0.05, 0.1) is 11.7 Å². The molecule has 2 N–H and O–H groups in total. The third-order valence-electron chi connectivity index (χ3n) is 5.17. The van der Waals surface area contributed by atoms with Gasteiger partial charge in [-0.2, -0.15) is 5.10 Å². The van der Waals surface area contributed by atoms with E-state index < -0.39 is 0 Å². The van der Waals surface area contributed by atoms with Crippen LogP contribution in [0.25, 0.3) is 10.9 Å². The highest BCUT2D eigenvalue weighted by molar-refractivity contribution is 5.93. The summed E-state index contributed by atoms with van der Waals surface area (Å²) in [7, 11) is 2.01. The van der Waals surface area contributed by atoms with Gasteiger partial charge in [0.2, 0.25) is 0 Å². The lowest BCUT2D eigenvalue weighted by atomic mass is 10.0. The van der Waals surface area contributed by atoms with Gasteiger partial charge in [-0.1, -0.05) is 6.07 Å². The molecule has 130 valence electrons. The number of nitrogens with zero attached hydrogens (tertiary/aromatic N) is 3. The maximum absolute atomic E-state index is 12.9. The Labute approximate surface area is 146 Å². The summed E-state index contributed by atoms with van der Waals surface area (Å²) in [6, 6.07) is 8.14. The molecule has 1 aliphatic heterocycles. The van der Waals surface area contributed by atoms with Gasteiger partial charge in [0.15, 0.2) is 0 Å². The number of amides is 2. The summed E-state index contributed by atoms with van der Waals surface area (Å²) < 4.78 is 2.06.